The van der Waals surface area contributed by atoms with Gasteiger partial charge in [0.25, 0.3) is 0 Å². The van der Waals surface area contributed by atoms with Gasteiger partial charge >= 0.3 is 0 Å². The SMILES string of the molecule is CC(C)NCc1ccc(S(=O)(=O)N2CCCCC2)cc1. The Labute approximate surface area is 122 Å². The molecule has 0 atom stereocenters. The van der Waals surface area contributed by atoms with Crippen LogP contribution in [0, 0.1) is 0 Å². The van der Waals surface area contributed by atoms with Gasteiger partial charge in [-0.2, -0.15) is 4.31 Å². The number of nitrogens with one attached hydrogen (secondary N) is 1. The number of hydrogen-bond acceptors (Lipinski definition) is 3. The number of piperidine rings is 1. The largest absolute Gasteiger partial charge is 0.310 e. The molecule has 4 nitrogen and oxygen atoms in total. The minimum absolute atomic E-state index is 0.410. The highest BCUT2D eigenvalue weighted by Gasteiger charge is 2.25. The minimum atomic E-state index is -3.30. The molecule has 112 valence electrons. The fourth-order valence-corrected chi connectivity index (χ4v) is 3.87. The molecule has 0 aromatic heterocycles. The van der Waals surface area contributed by atoms with Gasteiger partial charge in [-0.1, -0.05) is 32.4 Å². The van der Waals surface area contributed by atoms with Crippen LogP contribution in [0.4, 0.5) is 0 Å². The molecule has 0 bridgehead atoms. The molecule has 1 aromatic rings. The van der Waals surface area contributed by atoms with Crippen LogP contribution in [-0.2, 0) is 16.6 Å². The maximum atomic E-state index is 12.5. The third-order valence-electron chi connectivity index (χ3n) is 3.59. The van der Waals surface area contributed by atoms with Crippen LogP contribution in [0.25, 0.3) is 0 Å². The molecule has 1 aliphatic heterocycles. The van der Waals surface area contributed by atoms with E-state index in [1.807, 2.05) is 12.1 Å². The second-order valence-electron chi connectivity index (χ2n) is 5.64. The second kappa shape index (κ2) is 6.70. The minimum Gasteiger partial charge on any atom is -0.310 e. The van der Waals surface area contributed by atoms with Gasteiger partial charge in [-0.3, -0.25) is 0 Å². The number of rotatable bonds is 5. The maximum Gasteiger partial charge on any atom is 0.243 e. The van der Waals surface area contributed by atoms with E-state index in [1.54, 1.807) is 16.4 Å². The van der Waals surface area contributed by atoms with Crippen molar-refractivity contribution in [3.05, 3.63) is 29.8 Å². The van der Waals surface area contributed by atoms with E-state index in [-0.39, 0.29) is 0 Å². The smallest absolute Gasteiger partial charge is 0.243 e. The van der Waals surface area contributed by atoms with E-state index < -0.39 is 10.0 Å². The fourth-order valence-electron chi connectivity index (χ4n) is 2.36. The zero-order valence-corrected chi connectivity index (χ0v) is 13.1. The molecule has 1 heterocycles. The van der Waals surface area contributed by atoms with Gasteiger partial charge in [0.15, 0.2) is 0 Å². The summed E-state index contributed by atoms with van der Waals surface area (Å²) in [7, 11) is -3.30. The van der Waals surface area contributed by atoms with Gasteiger partial charge < -0.3 is 5.32 Å². The van der Waals surface area contributed by atoms with Crippen LogP contribution in [-0.4, -0.2) is 31.9 Å². The van der Waals surface area contributed by atoms with Gasteiger partial charge in [0.2, 0.25) is 10.0 Å². The zero-order chi connectivity index (χ0) is 14.6. The summed E-state index contributed by atoms with van der Waals surface area (Å²) >= 11 is 0. The topological polar surface area (TPSA) is 49.4 Å². The summed E-state index contributed by atoms with van der Waals surface area (Å²) in [6, 6.07) is 7.66. The monoisotopic (exact) mass is 296 g/mol. The molecule has 1 aliphatic rings. The summed E-state index contributed by atoms with van der Waals surface area (Å²) in [5.41, 5.74) is 1.11. The van der Waals surface area contributed by atoms with Gasteiger partial charge in [0.05, 0.1) is 4.90 Å². The first-order valence-corrected chi connectivity index (χ1v) is 8.76. The average molecular weight is 296 g/mol. The fraction of sp³-hybridized carbons (Fsp3) is 0.600. The zero-order valence-electron chi connectivity index (χ0n) is 12.3. The predicted molar refractivity (Wildman–Crippen MR) is 81.0 cm³/mol. The van der Waals surface area contributed by atoms with Crippen molar-refractivity contribution < 1.29 is 8.42 Å². The number of benzene rings is 1. The van der Waals surface area contributed by atoms with Crippen molar-refractivity contribution >= 4 is 10.0 Å². The first-order chi connectivity index (χ1) is 9.50. The molecule has 5 heteroatoms. The van der Waals surface area contributed by atoms with E-state index >= 15 is 0 Å². The van der Waals surface area contributed by atoms with Crippen LogP contribution < -0.4 is 5.32 Å². The van der Waals surface area contributed by atoms with Crippen molar-refractivity contribution in [3.8, 4) is 0 Å². The molecular formula is C15H24N2O2S. The van der Waals surface area contributed by atoms with Gasteiger partial charge in [-0.25, -0.2) is 8.42 Å². The van der Waals surface area contributed by atoms with Crippen molar-refractivity contribution in [2.75, 3.05) is 13.1 Å². The van der Waals surface area contributed by atoms with Crippen LogP contribution in [0.1, 0.15) is 38.7 Å². The van der Waals surface area contributed by atoms with Gasteiger partial charge in [-0.05, 0) is 30.5 Å². The molecule has 0 saturated carbocycles. The van der Waals surface area contributed by atoms with Crippen LogP contribution in [0.15, 0.2) is 29.2 Å². The summed E-state index contributed by atoms with van der Waals surface area (Å²) in [5, 5.41) is 3.32. The van der Waals surface area contributed by atoms with Crippen LogP contribution in [0.5, 0.6) is 0 Å². The lowest BCUT2D eigenvalue weighted by molar-refractivity contribution is 0.346. The van der Waals surface area contributed by atoms with Gasteiger partial charge in [0.1, 0.15) is 0 Å². The van der Waals surface area contributed by atoms with Crippen LogP contribution in [0.2, 0.25) is 0 Å². The normalized spacial score (nSPS) is 17.6. The van der Waals surface area contributed by atoms with Crippen LogP contribution in [0.3, 0.4) is 0 Å². The van der Waals surface area contributed by atoms with E-state index in [9.17, 15) is 8.42 Å². The summed E-state index contributed by atoms with van der Waals surface area (Å²) < 4.78 is 26.6. The Morgan fingerprint density at radius 1 is 1.10 bits per heavy atom. The molecule has 20 heavy (non-hydrogen) atoms. The van der Waals surface area contributed by atoms with E-state index in [4.69, 9.17) is 0 Å². The molecule has 1 N–H and O–H groups in total. The lowest BCUT2D eigenvalue weighted by atomic mass is 10.2. The number of hydrogen-bond donors (Lipinski definition) is 1. The number of sulfonamides is 1. The molecule has 0 radical (unpaired) electrons. The molecule has 1 aromatic carbocycles. The molecular weight excluding hydrogens is 272 g/mol. The molecule has 1 fully saturated rings. The van der Waals surface area contributed by atoms with E-state index in [1.165, 1.54) is 0 Å². The van der Waals surface area contributed by atoms with Gasteiger partial charge in [-0.15, -0.1) is 0 Å². The van der Waals surface area contributed by atoms with E-state index in [0.29, 0.717) is 24.0 Å². The standard InChI is InChI=1S/C15H24N2O2S/c1-13(2)16-12-14-6-8-15(9-7-14)20(18,19)17-10-4-3-5-11-17/h6-9,13,16H,3-5,10-12H2,1-2H3. The lowest BCUT2D eigenvalue weighted by Gasteiger charge is -2.25. The summed E-state index contributed by atoms with van der Waals surface area (Å²) in [6.45, 7) is 6.25. The van der Waals surface area contributed by atoms with E-state index in [0.717, 1.165) is 31.4 Å². The summed E-state index contributed by atoms with van der Waals surface area (Å²) in [4.78, 5) is 0.410. The summed E-state index contributed by atoms with van der Waals surface area (Å²) in [6.07, 6.45) is 3.07. The average Bonchev–Trinajstić information content (AvgIpc) is 2.46. The molecule has 0 aliphatic carbocycles. The third kappa shape index (κ3) is 3.81. The van der Waals surface area contributed by atoms with Crippen LogP contribution >= 0.6 is 0 Å². The van der Waals surface area contributed by atoms with Crippen molar-refractivity contribution in [1.82, 2.24) is 9.62 Å². The Balaban J connectivity index is 2.08. The first-order valence-electron chi connectivity index (χ1n) is 7.32. The number of nitrogens with zero attached hydrogens (tertiary/aromatic N) is 1. The van der Waals surface area contributed by atoms with E-state index in [2.05, 4.69) is 19.2 Å². The Bertz CT molecular complexity index is 517. The Kier molecular flexibility index (Phi) is 5.18. The van der Waals surface area contributed by atoms with Crippen molar-refractivity contribution in [2.45, 2.75) is 50.6 Å². The second-order valence-corrected chi connectivity index (χ2v) is 7.58. The molecule has 0 spiro atoms. The Hall–Kier alpha value is -0.910. The highest BCUT2D eigenvalue weighted by Crippen LogP contribution is 2.20. The molecule has 0 amide bonds. The molecule has 0 unspecified atom stereocenters. The van der Waals surface area contributed by atoms with Crippen molar-refractivity contribution in [1.29, 1.82) is 0 Å². The quantitative estimate of drug-likeness (QED) is 0.907. The van der Waals surface area contributed by atoms with Crippen molar-refractivity contribution in [3.63, 3.8) is 0 Å². The predicted octanol–water partition coefficient (Wildman–Crippen LogP) is 2.36. The molecule has 1 saturated heterocycles. The Morgan fingerprint density at radius 2 is 1.70 bits per heavy atom. The van der Waals surface area contributed by atoms with Crippen molar-refractivity contribution in [2.24, 2.45) is 0 Å². The maximum absolute atomic E-state index is 12.5. The molecule has 2 rings (SSSR count). The summed E-state index contributed by atoms with van der Waals surface area (Å²) in [5.74, 6) is 0. The first kappa shape index (κ1) is 15.5. The highest BCUT2D eigenvalue weighted by molar-refractivity contribution is 7.89. The third-order valence-corrected chi connectivity index (χ3v) is 5.50. The Morgan fingerprint density at radius 3 is 2.25 bits per heavy atom. The highest BCUT2D eigenvalue weighted by atomic mass is 32.2. The lowest BCUT2D eigenvalue weighted by Crippen LogP contribution is -2.35. The van der Waals surface area contributed by atoms with Gasteiger partial charge in [0, 0.05) is 25.7 Å².